The Morgan fingerprint density at radius 2 is 1.80 bits per heavy atom. The summed E-state index contributed by atoms with van der Waals surface area (Å²) in [4.78, 5) is 21.3. The fourth-order valence-electron chi connectivity index (χ4n) is 3.06. The summed E-state index contributed by atoms with van der Waals surface area (Å²) in [6.07, 6.45) is 2.64. The predicted molar refractivity (Wildman–Crippen MR) is 119 cm³/mol. The maximum Gasteiger partial charge on any atom is 0.225 e. The molecule has 4 rings (SSSR count). The summed E-state index contributed by atoms with van der Waals surface area (Å²) in [6, 6.07) is 17.4. The van der Waals surface area contributed by atoms with E-state index in [1.807, 2.05) is 36.4 Å². The Balaban J connectivity index is 1.38. The summed E-state index contributed by atoms with van der Waals surface area (Å²) >= 11 is 1.62. The number of carbonyl (C=O) groups is 1. The number of carbonyl (C=O) groups excluding carboxylic acids is 1. The average Bonchev–Trinajstić information content (AvgIpc) is 3.22. The molecule has 6 nitrogen and oxygen atoms in total. The van der Waals surface area contributed by atoms with Gasteiger partial charge in [-0.05, 0) is 48.4 Å². The first kappa shape index (κ1) is 19.8. The van der Waals surface area contributed by atoms with Crippen molar-refractivity contribution in [1.82, 2.24) is 9.97 Å². The number of aryl methyl sites for hydroxylation is 1. The third-order valence-corrected chi connectivity index (χ3v) is 5.71. The Hall–Kier alpha value is -3.45. The van der Waals surface area contributed by atoms with Crippen molar-refractivity contribution in [2.75, 3.05) is 19.5 Å². The van der Waals surface area contributed by atoms with Crippen LogP contribution in [0.4, 0.5) is 5.82 Å². The number of fused-ring (bicyclic) bond motifs is 1. The van der Waals surface area contributed by atoms with Gasteiger partial charge in [0.1, 0.15) is 22.3 Å². The molecule has 0 unspecified atom stereocenters. The van der Waals surface area contributed by atoms with Crippen LogP contribution in [-0.4, -0.2) is 30.1 Å². The zero-order valence-corrected chi connectivity index (χ0v) is 17.5. The summed E-state index contributed by atoms with van der Waals surface area (Å²) in [6.45, 7) is 0. The summed E-state index contributed by atoms with van der Waals surface area (Å²) < 4.78 is 11.7. The standard InChI is InChI=1S/C23H21N3O3S/c1-28-17-11-15(12-18(13-17)29-2)7-10-22(27)26-21-9-8-16(14-24-21)23-25-19-5-3-4-6-20(19)30-23/h3-6,8-9,11-14H,7,10H2,1-2H3,(H,24,26,27). The first-order valence-corrected chi connectivity index (χ1v) is 10.3. The lowest BCUT2D eigenvalue weighted by atomic mass is 10.1. The smallest absolute Gasteiger partial charge is 0.225 e. The Bertz CT molecular complexity index is 1120. The number of para-hydroxylation sites is 1. The zero-order valence-electron chi connectivity index (χ0n) is 16.7. The van der Waals surface area contributed by atoms with Gasteiger partial charge in [-0.1, -0.05) is 12.1 Å². The minimum Gasteiger partial charge on any atom is -0.497 e. The maximum atomic E-state index is 12.3. The van der Waals surface area contributed by atoms with Crippen LogP contribution < -0.4 is 14.8 Å². The van der Waals surface area contributed by atoms with Crippen LogP contribution in [0.3, 0.4) is 0 Å². The van der Waals surface area contributed by atoms with Crippen LogP contribution >= 0.6 is 11.3 Å². The van der Waals surface area contributed by atoms with Crippen LogP contribution in [0.1, 0.15) is 12.0 Å². The van der Waals surface area contributed by atoms with Crippen LogP contribution in [0, 0.1) is 0 Å². The number of thiazole rings is 1. The number of nitrogens with zero attached hydrogens (tertiary/aromatic N) is 2. The predicted octanol–water partition coefficient (Wildman–Crippen LogP) is 4.95. The highest BCUT2D eigenvalue weighted by Crippen LogP contribution is 2.30. The number of nitrogens with one attached hydrogen (secondary N) is 1. The van der Waals surface area contributed by atoms with Gasteiger partial charge >= 0.3 is 0 Å². The van der Waals surface area contributed by atoms with Crippen molar-refractivity contribution in [3.05, 3.63) is 66.4 Å². The summed E-state index contributed by atoms with van der Waals surface area (Å²) in [5, 5.41) is 3.76. The second-order valence-corrected chi connectivity index (χ2v) is 7.72. The number of hydrogen-bond donors (Lipinski definition) is 1. The van der Waals surface area contributed by atoms with E-state index in [-0.39, 0.29) is 5.91 Å². The molecule has 30 heavy (non-hydrogen) atoms. The second kappa shape index (κ2) is 8.92. The van der Waals surface area contributed by atoms with E-state index in [1.54, 1.807) is 43.9 Å². The highest BCUT2D eigenvalue weighted by atomic mass is 32.1. The fourth-order valence-corrected chi connectivity index (χ4v) is 4.02. The molecule has 0 saturated carbocycles. The van der Waals surface area contributed by atoms with Crippen LogP contribution in [0.25, 0.3) is 20.8 Å². The quantitative estimate of drug-likeness (QED) is 0.459. The summed E-state index contributed by atoms with van der Waals surface area (Å²) in [5.41, 5.74) is 2.88. The van der Waals surface area contributed by atoms with Crippen molar-refractivity contribution in [2.45, 2.75) is 12.8 Å². The number of anilines is 1. The number of ether oxygens (including phenoxy) is 2. The van der Waals surface area contributed by atoms with E-state index in [0.717, 1.165) is 26.4 Å². The number of rotatable bonds is 7. The molecule has 0 atom stereocenters. The molecule has 0 fully saturated rings. The lowest BCUT2D eigenvalue weighted by Gasteiger charge is -2.09. The highest BCUT2D eigenvalue weighted by molar-refractivity contribution is 7.21. The van der Waals surface area contributed by atoms with Crippen molar-refractivity contribution in [3.8, 4) is 22.1 Å². The van der Waals surface area contributed by atoms with Crippen LogP contribution in [-0.2, 0) is 11.2 Å². The molecule has 0 bridgehead atoms. The van der Waals surface area contributed by atoms with Gasteiger partial charge in [0, 0.05) is 24.2 Å². The fraction of sp³-hybridized carbons (Fsp3) is 0.174. The summed E-state index contributed by atoms with van der Waals surface area (Å²) in [5.74, 6) is 1.83. The second-order valence-electron chi connectivity index (χ2n) is 6.69. The van der Waals surface area contributed by atoms with E-state index in [9.17, 15) is 4.79 Å². The van der Waals surface area contributed by atoms with E-state index in [0.29, 0.717) is 30.2 Å². The molecular weight excluding hydrogens is 398 g/mol. The van der Waals surface area contributed by atoms with Gasteiger partial charge in [0.05, 0.1) is 24.4 Å². The molecule has 152 valence electrons. The van der Waals surface area contributed by atoms with Crippen molar-refractivity contribution in [3.63, 3.8) is 0 Å². The molecule has 1 amide bonds. The third kappa shape index (κ3) is 4.58. The number of pyridine rings is 1. The van der Waals surface area contributed by atoms with E-state index >= 15 is 0 Å². The number of hydrogen-bond acceptors (Lipinski definition) is 6. The molecule has 2 aromatic heterocycles. The number of benzene rings is 2. The van der Waals surface area contributed by atoms with Gasteiger partial charge in [-0.15, -0.1) is 11.3 Å². The number of methoxy groups -OCH3 is 2. The first-order chi connectivity index (χ1) is 14.6. The van der Waals surface area contributed by atoms with Gasteiger partial charge < -0.3 is 14.8 Å². The summed E-state index contributed by atoms with van der Waals surface area (Å²) in [7, 11) is 3.21. The van der Waals surface area contributed by atoms with Crippen LogP contribution in [0.15, 0.2) is 60.8 Å². The largest absolute Gasteiger partial charge is 0.497 e. The number of amides is 1. The minimum atomic E-state index is -0.1000. The van der Waals surface area contributed by atoms with Gasteiger partial charge in [0.2, 0.25) is 5.91 Å². The molecule has 0 aliphatic carbocycles. The SMILES string of the molecule is COc1cc(CCC(=O)Nc2ccc(-c3nc4ccccc4s3)cn2)cc(OC)c1. The molecule has 0 spiro atoms. The molecule has 1 N–H and O–H groups in total. The molecule has 7 heteroatoms. The van der Waals surface area contributed by atoms with Crippen molar-refractivity contribution >= 4 is 33.3 Å². The first-order valence-electron chi connectivity index (χ1n) is 9.48. The van der Waals surface area contributed by atoms with Crippen molar-refractivity contribution in [2.24, 2.45) is 0 Å². The average molecular weight is 420 g/mol. The lowest BCUT2D eigenvalue weighted by Crippen LogP contribution is -2.13. The lowest BCUT2D eigenvalue weighted by molar-refractivity contribution is -0.116. The minimum absolute atomic E-state index is 0.1000. The molecular formula is C23H21N3O3S. The van der Waals surface area contributed by atoms with Crippen LogP contribution in [0.5, 0.6) is 11.5 Å². The van der Waals surface area contributed by atoms with Crippen molar-refractivity contribution in [1.29, 1.82) is 0 Å². The Kier molecular flexibility index (Phi) is 5.90. The van der Waals surface area contributed by atoms with Gasteiger partial charge in [-0.2, -0.15) is 0 Å². The van der Waals surface area contributed by atoms with Gasteiger partial charge in [0.15, 0.2) is 0 Å². The maximum absolute atomic E-state index is 12.3. The molecule has 0 radical (unpaired) electrons. The molecule has 4 aromatic rings. The number of aromatic nitrogens is 2. The Labute approximate surface area is 178 Å². The van der Waals surface area contributed by atoms with Crippen molar-refractivity contribution < 1.29 is 14.3 Å². The molecule has 0 aliphatic rings. The van der Waals surface area contributed by atoms with Gasteiger partial charge in [-0.25, -0.2) is 9.97 Å². The molecule has 2 aromatic carbocycles. The molecule has 0 saturated heterocycles. The van der Waals surface area contributed by atoms with E-state index in [1.165, 1.54) is 0 Å². The monoisotopic (exact) mass is 419 g/mol. The topological polar surface area (TPSA) is 73.3 Å². The molecule has 2 heterocycles. The Morgan fingerprint density at radius 1 is 1.03 bits per heavy atom. The van der Waals surface area contributed by atoms with E-state index in [4.69, 9.17) is 9.47 Å². The van der Waals surface area contributed by atoms with Crippen LogP contribution in [0.2, 0.25) is 0 Å². The Morgan fingerprint density at radius 3 is 2.47 bits per heavy atom. The normalized spacial score (nSPS) is 10.7. The molecule has 0 aliphatic heterocycles. The third-order valence-electron chi connectivity index (χ3n) is 4.62. The highest BCUT2D eigenvalue weighted by Gasteiger charge is 2.09. The van der Waals surface area contributed by atoms with E-state index < -0.39 is 0 Å². The van der Waals surface area contributed by atoms with E-state index in [2.05, 4.69) is 21.4 Å². The van der Waals surface area contributed by atoms with Gasteiger partial charge in [0.25, 0.3) is 0 Å². The zero-order chi connectivity index (χ0) is 20.9. The van der Waals surface area contributed by atoms with Gasteiger partial charge in [-0.3, -0.25) is 4.79 Å².